The Morgan fingerprint density at radius 1 is 1.78 bits per heavy atom. The summed E-state index contributed by atoms with van der Waals surface area (Å²) in [6.07, 6.45) is 0. The third-order valence-electron chi connectivity index (χ3n) is 0.884. The summed E-state index contributed by atoms with van der Waals surface area (Å²) in [7, 11) is -3.92. The van der Waals surface area contributed by atoms with Gasteiger partial charge < -0.3 is 0 Å². The molecule has 1 aliphatic rings. The van der Waals surface area contributed by atoms with Crippen LogP contribution >= 0.6 is 11.8 Å². The molecule has 0 bridgehead atoms. The van der Waals surface area contributed by atoms with Crippen molar-refractivity contribution in [1.29, 1.82) is 0 Å². The molecule has 0 amide bonds. The van der Waals surface area contributed by atoms with Crippen LogP contribution in [0.2, 0.25) is 0 Å². The molecule has 52 valence electrons. The highest BCUT2D eigenvalue weighted by Gasteiger charge is 2.23. The van der Waals surface area contributed by atoms with Gasteiger partial charge in [0.2, 0.25) is 0 Å². The van der Waals surface area contributed by atoms with Crippen molar-refractivity contribution < 1.29 is 13.0 Å². The van der Waals surface area contributed by atoms with E-state index in [1.54, 1.807) is 0 Å². The van der Waals surface area contributed by atoms with Gasteiger partial charge in [-0.3, -0.25) is 9.55 Å². The van der Waals surface area contributed by atoms with E-state index in [0.29, 0.717) is 5.75 Å². The number of hydrogen-bond acceptors (Lipinski definition) is 4. The molecule has 0 aliphatic carbocycles. The molecule has 1 atom stereocenters. The zero-order valence-electron chi connectivity index (χ0n) is 4.39. The van der Waals surface area contributed by atoms with Crippen LogP contribution < -0.4 is 0 Å². The van der Waals surface area contributed by atoms with Gasteiger partial charge in [-0.25, -0.2) is 0 Å². The first-order chi connectivity index (χ1) is 4.11. The zero-order valence-corrected chi connectivity index (χ0v) is 6.02. The van der Waals surface area contributed by atoms with E-state index in [4.69, 9.17) is 4.55 Å². The predicted molar refractivity (Wildman–Crippen MR) is 36.3 cm³/mol. The van der Waals surface area contributed by atoms with Crippen LogP contribution in [0.5, 0.6) is 0 Å². The Morgan fingerprint density at radius 3 is 2.67 bits per heavy atom. The van der Waals surface area contributed by atoms with E-state index >= 15 is 0 Å². The van der Waals surface area contributed by atoms with Crippen molar-refractivity contribution >= 4 is 27.4 Å². The monoisotopic (exact) mass is 167 g/mol. The van der Waals surface area contributed by atoms with Crippen molar-refractivity contribution in [2.75, 3.05) is 5.75 Å². The largest absolute Gasteiger partial charge is 0.289 e. The molecule has 0 aromatic rings. The van der Waals surface area contributed by atoms with Crippen LogP contribution in [0.3, 0.4) is 0 Å². The van der Waals surface area contributed by atoms with Gasteiger partial charge in [-0.1, -0.05) is 0 Å². The number of rotatable bonds is 1. The third-order valence-corrected chi connectivity index (χ3v) is 2.85. The van der Waals surface area contributed by atoms with Gasteiger partial charge in [-0.2, -0.15) is 8.42 Å². The lowest BCUT2D eigenvalue weighted by Crippen LogP contribution is -2.17. The van der Waals surface area contributed by atoms with Crippen LogP contribution in [0.4, 0.5) is 0 Å². The molecule has 0 aromatic heterocycles. The predicted octanol–water partition coefficient (Wildman–Crippen LogP) is -0.0246. The quantitative estimate of drug-likeness (QED) is 0.557. The Kier molecular flexibility index (Phi) is 1.78. The molecule has 6 heteroatoms. The van der Waals surface area contributed by atoms with E-state index in [2.05, 4.69) is 4.99 Å². The summed E-state index contributed by atoms with van der Waals surface area (Å²) in [5.41, 5.74) is 1.43. The first kappa shape index (κ1) is 7.04. The van der Waals surface area contributed by atoms with Crippen molar-refractivity contribution in [1.82, 2.24) is 0 Å². The van der Waals surface area contributed by atoms with E-state index in [1.807, 2.05) is 0 Å². The molecule has 0 radical (unpaired) electrons. The van der Waals surface area contributed by atoms with Crippen LogP contribution in [-0.2, 0) is 10.1 Å². The molecular weight excluding hydrogens is 162 g/mol. The number of thioether (sulfide) groups is 1. The minimum Gasteiger partial charge on any atom is -0.284 e. The Hall–Kier alpha value is -0.0700. The van der Waals surface area contributed by atoms with Crippen LogP contribution in [-0.4, -0.2) is 29.6 Å². The number of aliphatic imine (C=N–C) groups is 1. The highest BCUT2D eigenvalue weighted by molar-refractivity contribution is 8.13. The van der Waals surface area contributed by atoms with Gasteiger partial charge in [0.05, 0.1) is 5.55 Å². The van der Waals surface area contributed by atoms with E-state index in [-0.39, 0.29) is 0 Å². The summed E-state index contributed by atoms with van der Waals surface area (Å²) in [6, 6.07) is 0. The van der Waals surface area contributed by atoms with Gasteiger partial charge >= 0.3 is 0 Å². The third kappa shape index (κ3) is 1.67. The maximum atomic E-state index is 10.3. The van der Waals surface area contributed by atoms with Crippen molar-refractivity contribution in [2.45, 2.75) is 5.37 Å². The summed E-state index contributed by atoms with van der Waals surface area (Å²) in [5, 5.41) is -0.928. The van der Waals surface area contributed by atoms with Crippen LogP contribution in [0.25, 0.3) is 0 Å². The molecule has 9 heavy (non-hydrogen) atoms. The minimum absolute atomic E-state index is 0.332. The topological polar surface area (TPSA) is 66.7 Å². The Balaban J connectivity index is 2.76. The second kappa shape index (κ2) is 2.28. The van der Waals surface area contributed by atoms with Crippen LogP contribution in [0.1, 0.15) is 0 Å². The number of hydrogen-bond donors (Lipinski definition) is 1. The molecular formula is C3H5NO3S2. The van der Waals surface area contributed by atoms with Gasteiger partial charge in [-0.15, -0.1) is 11.8 Å². The molecule has 1 rings (SSSR count). The smallest absolute Gasteiger partial charge is 0.284 e. The Bertz CT molecular complexity index is 219. The fourth-order valence-electron chi connectivity index (χ4n) is 0.442. The summed E-state index contributed by atoms with van der Waals surface area (Å²) >= 11 is 1.28. The second-order valence-corrected chi connectivity index (χ2v) is 4.01. The van der Waals surface area contributed by atoms with Crippen molar-refractivity contribution in [3.05, 3.63) is 0 Å². The average Bonchev–Trinajstić information content (AvgIpc) is 2.08. The summed E-state index contributed by atoms with van der Waals surface area (Å²) in [5.74, 6) is 0.332. The van der Waals surface area contributed by atoms with Crippen molar-refractivity contribution in [2.24, 2.45) is 4.99 Å². The Morgan fingerprint density at radius 2 is 2.44 bits per heavy atom. The minimum atomic E-state index is -3.92. The molecule has 0 aromatic carbocycles. The highest BCUT2D eigenvalue weighted by Crippen LogP contribution is 2.14. The zero-order chi connectivity index (χ0) is 6.91. The van der Waals surface area contributed by atoms with Crippen LogP contribution in [0, 0.1) is 0 Å². The van der Waals surface area contributed by atoms with Gasteiger partial charge in [0.15, 0.2) is 5.37 Å². The summed E-state index contributed by atoms with van der Waals surface area (Å²) in [4.78, 5) is 3.51. The molecule has 0 saturated heterocycles. The van der Waals surface area contributed by atoms with E-state index < -0.39 is 15.5 Å². The molecule has 0 spiro atoms. The molecule has 1 N–H and O–H groups in total. The lowest BCUT2D eigenvalue weighted by Gasteiger charge is -1.98. The van der Waals surface area contributed by atoms with Gasteiger partial charge in [0, 0.05) is 5.75 Å². The summed E-state index contributed by atoms with van der Waals surface area (Å²) in [6.45, 7) is 0. The average molecular weight is 167 g/mol. The highest BCUT2D eigenvalue weighted by atomic mass is 32.2. The lowest BCUT2D eigenvalue weighted by molar-refractivity contribution is 0.473. The lowest BCUT2D eigenvalue weighted by atomic mass is 10.8. The van der Waals surface area contributed by atoms with Gasteiger partial charge in [0.1, 0.15) is 0 Å². The molecule has 4 nitrogen and oxygen atoms in total. The van der Waals surface area contributed by atoms with Crippen molar-refractivity contribution in [3.63, 3.8) is 0 Å². The van der Waals surface area contributed by atoms with Gasteiger partial charge in [-0.05, 0) is 0 Å². The fraction of sp³-hybridized carbons (Fsp3) is 0.667. The van der Waals surface area contributed by atoms with E-state index in [0.717, 1.165) is 0 Å². The molecule has 0 saturated carbocycles. The molecule has 0 fully saturated rings. The Labute approximate surface area is 57.1 Å². The van der Waals surface area contributed by atoms with E-state index in [1.165, 1.54) is 17.3 Å². The molecule has 1 heterocycles. The normalized spacial score (nSPS) is 27.0. The standard InChI is InChI=1S/C3H5NO3S2/c5-9(6,7)3-1-8-2-4-3/h2-3H,1H2,(H,5,6,7). The fourth-order valence-corrected chi connectivity index (χ4v) is 2.23. The second-order valence-electron chi connectivity index (χ2n) is 1.56. The van der Waals surface area contributed by atoms with E-state index in [9.17, 15) is 8.42 Å². The maximum Gasteiger partial charge on any atom is 0.289 e. The maximum absolute atomic E-state index is 10.3. The first-order valence-corrected chi connectivity index (χ1v) is 4.75. The van der Waals surface area contributed by atoms with Crippen LogP contribution in [0.15, 0.2) is 4.99 Å². The SMILES string of the molecule is O=S(=O)(O)C1CSC=N1. The molecule has 1 aliphatic heterocycles. The molecule has 1 unspecified atom stereocenters. The van der Waals surface area contributed by atoms with Gasteiger partial charge in [0.25, 0.3) is 10.1 Å². The number of nitrogens with zero attached hydrogens (tertiary/aromatic N) is 1. The summed E-state index contributed by atoms with van der Waals surface area (Å²) < 4.78 is 28.9. The first-order valence-electron chi connectivity index (χ1n) is 2.20. The van der Waals surface area contributed by atoms with Crippen molar-refractivity contribution in [3.8, 4) is 0 Å².